The summed E-state index contributed by atoms with van der Waals surface area (Å²) in [6.45, 7) is 2.50. The van der Waals surface area contributed by atoms with E-state index < -0.39 is 43.0 Å². The molecule has 2 aromatic rings. The number of hydrogen-bond acceptors (Lipinski definition) is 10. The summed E-state index contributed by atoms with van der Waals surface area (Å²) >= 11 is 0. The van der Waals surface area contributed by atoms with E-state index in [2.05, 4.69) is 15.5 Å². The summed E-state index contributed by atoms with van der Waals surface area (Å²) in [5, 5.41) is 40.0. The average Bonchev–Trinajstić information content (AvgIpc) is 2.68. The van der Waals surface area contributed by atoms with Crippen LogP contribution in [0.5, 0.6) is 11.5 Å². The van der Waals surface area contributed by atoms with E-state index in [1.165, 1.54) is 20.1 Å². The second-order valence-electron chi connectivity index (χ2n) is 6.31. The lowest BCUT2D eigenvalue weighted by Gasteiger charge is -2.13. The van der Waals surface area contributed by atoms with Gasteiger partial charge < -0.3 is 20.3 Å². The lowest BCUT2D eigenvalue weighted by Crippen LogP contribution is -2.16. The SMILES string of the molecule is COc1cc(S(=O)(=O)O)c(C)cc1NC(=O)/C(N=Nc1cc([N+](=O)[O-])ccc1O)=C(\C)O. The number of carbonyl (C=O) groups is 1. The lowest BCUT2D eigenvalue weighted by molar-refractivity contribution is -0.384. The maximum absolute atomic E-state index is 12.6. The Labute approximate surface area is 181 Å². The fourth-order valence-electron chi connectivity index (χ4n) is 2.49. The van der Waals surface area contributed by atoms with Crippen molar-refractivity contribution in [3.63, 3.8) is 0 Å². The summed E-state index contributed by atoms with van der Waals surface area (Å²) in [4.78, 5) is 22.3. The van der Waals surface area contributed by atoms with Gasteiger partial charge in [0, 0.05) is 18.2 Å². The van der Waals surface area contributed by atoms with Gasteiger partial charge in [0.25, 0.3) is 21.7 Å². The number of aliphatic hydroxyl groups is 1. The monoisotopic (exact) mass is 466 g/mol. The molecule has 170 valence electrons. The quantitative estimate of drug-likeness (QED) is 0.118. The molecule has 32 heavy (non-hydrogen) atoms. The molecule has 0 aromatic heterocycles. The number of azo groups is 1. The summed E-state index contributed by atoms with van der Waals surface area (Å²) in [5.74, 6) is -2.12. The second kappa shape index (κ2) is 9.40. The molecule has 4 N–H and O–H groups in total. The number of rotatable bonds is 7. The van der Waals surface area contributed by atoms with Gasteiger partial charge in [-0.15, -0.1) is 10.2 Å². The number of aromatic hydroxyl groups is 1. The lowest BCUT2D eigenvalue weighted by atomic mass is 10.2. The van der Waals surface area contributed by atoms with Crippen LogP contribution in [0.3, 0.4) is 0 Å². The standard InChI is InChI=1S/C18H18N4O9S/c1-9-6-13(15(31-3)8-16(9)32(28,29)30)19-18(25)17(10(2)23)21-20-12-7-11(22(26)27)4-5-14(12)24/h4-8,23-24H,1-3H3,(H,19,25)(H,28,29,30)/b17-10-,21-20?. The van der Waals surface area contributed by atoms with Crippen LogP contribution in [-0.2, 0) is 14.9 Å². The smallest absolute Gasteiger partial charge is 0.294 e. The summed E-state index contributed by atoms with van der Waals surface area (Å²) in [6.07, 6.45) is 0. The number of nitrogens with zero attached hydrogens (tertiary/aromatic N) is 3. The Morgan fingerprint density at radius 3 is 2.44 bits per heavy atom. The van der Waals surface area contributed by atoms with Gasteiger partial charge in [-0.2, -0.15) is 8.42 Å². The molecule has 14 heteroatoms. The number of phenolic OH excluding ortho intramolecular Hbond substituents is 1. The first kappa shape index (κ1) is 24.2. The molecule has 1 amide bonds. The molecule has 2 rings (SSSR count). The number of amides is 1. The van der Waals surface area contributed by atoms with Crippen LogP contribution in [0.25, 0.3) is 0 Å². The highest BCUT2D eigenvalue weighted by Gasteiger charge is 2.21. The molecule has 0 spiro atoms. The minimum atomic E-state index is -4.54. The maximum atomic E-state index is 12.6. The van der Waals surface area contributed by atoms with Crippen LogP contribution in [0.1, 0.15) is 12.5 Å². The molecule has 0 bridgehead atoms. The molecule has 0 aliphatic carbocycles. The van der Waals surface area contributed by atoms with Gasteiger partial charge in [0.05, 0.1) is 17.7 Å². The van der Waals surface area contributed by atoms with Crippen LogP contribution in [0.2, 0.25) is 0 Å². The molecule has 0 radical (unpaired) electrons. The number of allylic oxidation sites excluding steroid dienone is 1. The highest BCUT2D eigenvalue weighted by atomic mass is 32.2. The molecule has 0 heterocycles. The van der Waals surface area contributed by atoms with Crippen LogP contribution in [0.4, 0.5) is 17.1 Å². The topological polar surface area (TPSA) is 201 Å². The Hall–Kier alpha value is -4.04. The zero-order valence-electron chi connectivity index (χ0n) is 16.9. The Morgan fingerprint density at radius 1 is 1.25 bits per heavy atom. The summed E-state index contributed by atoms with van der Waals surface area (Å²) < 4.78 is 37.2. The first-order valence-corrected chi connectivity index (χ1v) is 10.1. The molecule has 0 unspecified atom stereocenters. The van der Waals surface area contributed by atoms with Crippen molar-refractivity contribution in [2.75, 3.05) is 12.4 Å². The van der Waals surface area contributed by atoms with Crippen LogP contribution in [0, 0.1) is 17.0 Å². The zero-order chi connectivity index (χ0) is 24.2. The third kappa shape index (κ3) is 5.55. The molecule has 0 aliphatic heterocycles. The summed E-state index contributed by atoms with van der Waals surface area (Å²) in [5.41, 5.74) is -1.22. The minimum absolute atomic E-state index is 0.00505. The van der Waals surface area contributed by atoms with Gasteiger partial charge in [0.2, 0.25) is 0 Å². The molecule has 0 saturated heterocycles. The summed E-state index contributed by atoms with van der Waals surface area (Å²) in [6, 6.07) is 5.19. The Morgan fingerprint density at radius 2 is 1.91 bits per heavy atom. The number of nitro benzene ring substituents is 1. The van der Waals surface area contributed by atoms with Crippen molar-refractivity contribution in [3.8, 4) is 11.5 Å². The van der Waals surface area contributed by atoms with Crippen molar-refractivity contribution in [2.45, 2.75) is 18.7 Å². The van der Waals surface area contributed by atoms with Crippen LogP contribution in [-0.4, -0.2) is 41.1 Å². The van der Waals surface area contributed by atoms with Crippen molar-refractivity contribution < 1.29 is 37.6 Å². The number of methoxy groups -OCH3 is 1. The number of nitrogens with one attached hydrogen (secondary N) is 1. The van der Waals surface area contributed by atoms with Gasteiger partial charge in [-0.1, -0.05) is 0 Å². The molecule has 2 aromatic carbocycles. The zero-order valence-corrected chi connectivity index (χ0v) is 17.7. The predicted molar refractivity (Wildman–Crippen MR) is 111 cm³/mol. The Kier molecular flexibility index (Phi) is 7.12. The number of anilines is 1. The van der Waals surface area contributed by atoms with E-state index in [9.17, 15) is 38.1 Å². The molecule has 0 fully saturated rings. The van der Waals surface area contributed by atoms with E-state index in [-0.39, 0.29) is 28.4 Å². The van der Waals surface area contributed by atoms with E-state index in [1.54, 1.807) is 0 Å². The molecule has 13 nitrogen and oxygen atoms in total. The first-order chi connectivity index (χ1) is 14.8. The van der Waals surface area contributed by atoms with Crippen molar-refractivity contribution in [1.29, 1.82) is 0 Å². The van der Waals surface area contributed by atoms with Crippen molar-refractivity contribution in [3.05, 3.63) is 57.5 Å². The molecule has 0 atom stereocenters. The normalized spacial score (nSPS) is 12.4. The van der Waals surface area contributed by atoms with Crippen LogP contribution in [0.15, 0.2) is 56.9 Å². The highest BCUT2D eigenvalue weighted by molar-refractivity contribution is 7.85. The minimum Gasteiger partial charge on any atom is -0.510 e. The Bertz CT molecular complexity index is 1250. The first-order valence-electron chi connectivity index (χ1n) is 8.61. The van der Waals surface area contributed by atoms with E-state index in [0.29, 0.717) is 0 Å². The third-order valence-corrected chi connectivity index (χ3v) is 5.00. The third-order valence-electron chi connectivity index (χ3n) is 4.01. The number of hydrogen-bond donors (Lipinski definition) is 4. The molecule has 0 aliphatic rings. The van der Waals surface area contributed by atoms with Crippen molar-refractivity contribution in [2.24, 2.45) is 10.2 Å². The number of phenols is 1. The summed E-state index contributed by atoms with van der Waals surface area (Å²) in [7, 11) is -3.34. The van der Waals surface area contributed by atoms with E-state index in [4.69, 9.17) is 4.74 Å². The van der Waals surface area contributed by atoms with Gasteiger partial charge in [-0.25, -0.2) is 0 Å². The number of aliphatic hydroxyl groups excluding tert-OH is 1. The van der Waals surface area contributed by atoms with Crippen LogP contribution >= 0.6 is 0 Å². The van der Waals surface area contributed by atoms with Crippen molar-refractivity contribution in [1.82, 2.24) is 0 Å². The van der Waals surface area contributed by atoms with E-state index in [1.807, 2.05) is 0 Å². The number of benzene rings is 2. The second-order valence-corrected chi connectivity index (χ2v) is 7.70. The molecular formula is C18H18N4O9S. The predicted octanol–water partition coefficient (Wildman–Crippen LogP) is 3.38. The fraction of sp³-hybridized carbons (Fsp3) is 0.167. The largest absolute Gasteiger partial charge is 0.510 e. The van der Waals surface area contributed by atoms with Gasteiger partial charge in [-0.3, -0.25) is 19.5 Å². The molecule has 0 saturated carbocycles. The number of ether oxygens (including phenoxy) is 1. The highest BCUT2D eigenvalue weighted by Crippen LogP contribution is 2.33. The number of non-ortho nitro benzene ring substituents is 1. The van der Waals surface area contributed by atoms with Gasteiger partial charge in [0.1, 0.15) is 27.8 Å². The average molecular weight is 466 g/mol. The van der Waals surface area contributed by atoms with Gasteiger partial charge in [0.15, 0.2) is 5.70 Å². The Balaban J connectivity index is 2.40. The number of carbonyl (C=O) groups excluding carboxylic acids is 1. The van der Waals surface area contributed by atoms with Crippen molar-refractivity contribution >= 4 is 33.1 Å². The number of nitro groups is 1. The van der Waals surface area contributed by atoms with E-state index >= 15 is 0 Å². The number of aryl methyl sites for hydroxylation is 1. The van der Waals surface area contributed by atoms with Crippen LogP contribution < -0.4 is 10.1 Å². The molecular weight excluding hydrogens is 448 g/mol. The van der Waals surface area contributed by atoms with E-state index in [0.717, 1.165) is 31.2 Å². The van der Waals surface area contributed by atoms with Gasteiger partial charge >= 0.3 is 0 Å². The van der Waals surface area contributed by atoms with Gasteiger partial charge in [-0.05, 0) is 31.5 Å². The maximum Gasteiger partial charge on any atom is 0.294 e. The fourth-order valence-corrected chi connectivity index (χ4v) is 3.21.